The first-order valence-electron chi connectivity index (χ1n) is 10.5. The van der Waals surface area contributed by atoms with Crippen LogP contribution in [0.15, 0.2) is 61.2 Å². The molecule has 3 aromatic rings. The molecule has 1 aromatic carbocycles. The van der Waals surface area contributed by atoms with Crippen LogP contribution in [0.5, 0.6) is 0 Å². The number of benzene rings is 1. The number of aliphatic hydroxyl groups is 1. The van der Waals surface area contributed by atoms with Gasteiger partial charge in [0.15, 0.2) is 0 Å². The Hall–Kier alpha value is -3.07. The molecule has 150 valence electrons. The van der Waals surface area contributed by atoms with Gasteiger partial charge in [-0.1, -0.05) is 42.2 Å². The van der Waals surface area contributed by atoms with Gasteiger partial charge in [-0.2, -0.15) is 0 Å². The second kappa shape index (κ2) is 7.98. The van der Waals surface area contributed by atoms with Crippen molar-refractivity contribution in [1.29, 1.82) is 0 Å². The molecule has 3 saturated heterocycles. The average molecular weight is 396 g/mol. The van der Waals surface area contributed by atoms with E-state index >= 15 is 0 Å². The lowest BCUT2D eigenvalue weighted by molar-refractivity contribution is -0.0713. The highest BCUT2D eigenvalue weighted by atomic mass is 16.3. The molecule has 1 unspecified atom stereocenters. The van der Waals surface area contributed by atoms with Crippen molar-refractivity contribution in [3.63, 3.8) is 0 Å². The maximum Gasteiger partial charge on any atom is 0.141 e. The van der Waals surface area contributed by atoms with Crippen LogP contribution < -0.4 is 0 Å². The van der Waals surface area contributed by atoms with Crippen molar-refractivity contribution < 1.29 is 5.11 Å². The predicted molar refractivity (Wildman–Crippen MR) is 116 cm³/mol. The van der Waals surface area contributed by atoms with E-state index in [-0.39, 0.29) is 5.92 Å². The van der Waals surface area contributed by atoms with E-state index in [4.69, 9.17) is 0 Å². The number of rotatable bonds is 3. The smallest absolute Gasteiger partial charge is 0.141 e. The second-order valence-corrected chi connectivity index (χ2v) is 8.21. The number of pyridine rings is 1. The van der Waals surface area contributed by atoms with Gasteiger partial charge in [0.05, 0.1) is 11.4 Å². The molecule has 6 rings (SSSR count). The molecule has 0 amide bonds. The van der Waals surface area contributed by atoms with Gasteiger partial charge in [-0.15, -0.1) is 0 Å². The molecule has 2 bridgehead atoms. The molecule has 1 N–H and O–H groups in total. The van der Waals surface area contributed by atoms with Crippen molar-refractivity contribution in [3.8, 4) is 23.2 Å². The number of piperidine rings is 3. The van der Waals surface area contributed by atoms with Crippen LogP contribution in [0.4, 0.5) is 0 Å². The largest absolute Gasteiger partial charge is 0.376 e. The summed E-state index contributed by atoms with van der Waals surface area (Å²) >= 11 is 0. The Labute approximate surface area is 176 Å². The molecule has 0 saturated carbocycles. The Morgan fingerprint density at radius 3 is 2.60 bits per heavy atom. The maximum atomic E-state index is 11.2. The lowest BCUT2D eigenvalue weighted by Crippen LogP contribution is -2.58. The number of hydrogen-bond donors (Lipinski definition) is 1. The van der Waals surface area contributed by atoms with Crippen LogP contribution in [0.1, 0.15) is 29.5 Å². The summed E-state index contributed by atoms with van der Waals surface area (Å²) in [5.74, 6) is 6.78. The minimum Gasteiger partial charge on any atom is -0.376 e. The molecule has 3 aliphatic rings. The lowest BCUT2D eigenvalue weighted by Gasteiger charge is -2.47. The summed E-state index contributed by atoms with van der Waals surface area (Å²) in [4.78, 5) is 15.2. The highest BCUT2D eigenvalue weighted by Gasteiger charge is 2.44. The fourth-order valence-electron chi connectivity index (χ4n) is 4.51. The molecule has 5 heterocycles. The van der Waals surface area contributed by atoms with E-state index in [2.05, 4.69) is 49.9 Å². The van der Waals surface area contributed by atoms with Crippen LogP contribution in [0.2, 0.25) is 0 Å². The molecule has 1 atom stereocenters. The Bertz CT molecular complexity index is 1080. The van der Waals surface area contributed by atoms with Crippen LogP contribution in [-0.4, -0.2) is 50.2 Å². The zero-order valence-corrected chi connectivity index (χ0v) is 16.8. The maximum absolute atomic E-state index is 11.2. The summed E-state index contributed by atoms with van der Waals surface area (Å²) in [5, 5.41) is 11.2. The Morgan fingerprint density at radius 1 is 1.07 bits per heavy atom. The molecule has 30 heavy (non-hydrogen) atoms. The molecule has 0 aliphatic carbocycles. The van der Waals surface area contributed by atoms with Gasteiger partial charge < -0.3 is 5.11 Å². The third-order valence-electron chi connectivity index (χ3n) is 6.21. The Morgan fingerprint density at radius 2 is 1.90 bits per heavy atom. The number of aromatic nitrogens is 3. The monoisotopic (exact) mass is 396 g/mol. The molecule has 3 fully saturated rings. The van der Waals surface area contributed by atoms with Crippen molar-refractivity contribution in [2.45, 2.75) is 24.9 Å². The minimum absolute atomic E-state index is 0.265. The van der Waals surface area contributed by atoms with Crippen LogP contribution >= 0.6 is 0 Å². The molecule has 0 radical (unpaired) electrons. The highest BCUT2D eigenvalue weighted by molar-refractivity contribution is 5.57. The first-order chi connectivity index (χ1) is 14.7. The van der Waals surface area contributed by atoms with Crippen molar-refractivity contribution in [2.24, 2.45) is 5.92 Å². The van der Waals surface area contributed by atoms with Crippen molar-refractivity contribution in [1.82, 2.24) is 19.9 Å². The van der Waals surface area contributed by atoms with Gasteiger partial charge in [-0.05, 0) is 55.6 Å². The van der Waals surface area contributed by atoms with Gasteiger partial charge in [-0.25, -0.2) is 9.97 Å². The van der Waals surface area contributed by atoms with E-state index in [0.29, 0.717) is 6.54 Å². The molecule has 0 spiro atoms. The van der Waals surface area contributed by atoms with Crippen LogP contribution in [0.25, 0.3) is 11.4 Å². The normalized spacial score (nSPS) is 24.8. The quantitative estimate of drug-likeness (QED) is 0.690. The zero-order chi connectivity index (χ0) is 20.4. The molecular weight excluding hydrogens is 372 g/mol. The molecule has 3 aliphatic heterocycles. The third-order valence-corrected chi connectivity index (χ3v) is 6.21. The van der Waals surface area contributed by atoms with E-state index in [1.165, 1.54) is 11.9 Å². The Balaban J connectivity index is 1.51. The summed E-state index contributed by atoms with van der Waals surface area (Å²) in [6, 6.07) is 14.2. The zero-order valence-electron chi connectivity index (χ0n) is 16.8. The summed E-state index contributed by atoms with van der Waals surface area (Å²) in [6.45, 7) is 2.79. The van der Waals surface area contributed by atoms with E-state index in [1.54, 1.807) is 6.20 Å². The molecular formula is C25H24N4O. The van der Waals surface area contributed by atoms with Gasteiger partial charge >= 0.3 is 0 Å². The van der Waals surface area contributed by atoms with Crippen molar-refractivity contribution in [3.05, 3.63) is 77.9 Å². The molecule has 5 heteroatoms. The van der Waals surface area contributed by atoms with Gasteiger partial charge in [0, 0.05) is 30.4 Å². The second-order valence-electron chi connectivity index (χ2n) is 8.21. The number of nitrogens with zero attached hydrogens (tertiary/aromatic N) is 4. The van der Waals surface area contributed by atoms with Gasteiger partial charge in [-0.3, -0.25) is 9.88 Å². The molecule has 2 aromatic heterocycles. The lowest BCUT2D eigenvalue weighted by atomic mass is 9.75. The molecule has 5 nitrogen and oxygen atoms in total. The van der Waals surface area contributed by atoms with Crippen LogP contribution in [0, 0.1) is 17.8 Å². The first-order valence-corrected chi connectivity index (χ1v) is 10.5. The third kappa shape index (κ3) is 3.85. The van der Waals surface area contributed by atoms with Crippen molar-refractivity contribution >= 4 is 0 Å². The SMILES string of the molecule is OC1(C#Cc2cnc(-c3ccncn3)cc2Cc2ccccc2)CN2CCC1CC2. The van der Waals surface area contributed by atoms with Gasteiger partial charge in [0.2, 0.25) is 0 Å². The van der Waals surface area contributed by atoms with E-state index in [1.807, 2.05) is 30.5 Å². The highest BCUT2D eigenvalue weighted by Crippen LogP contribution is 2.35. The summed E-state index contributed by atoms with van der Waals surface area (Å²) in [7, 11) is 0. The van der Waals surface area contributed by atoms with Crippen LogP contribution in [-0.2, 0) is 6.42 Å². The number of hydrogen-bond acceptors (Lipinski definition) is 5. The predicted octanol–water partition coefficient (Wildman–Crippen LogP) is 2.94. The Kier molecular flexibility index (Phi) is 5.04. The fraction of sp³-hybridized carbons (Fsp3) is 0.320. The van der Waals surface area contributed by atoms with Gasteiger partial charge in [0.1, 0.15) is 11.9 Å². The van der Waals surface area contributed by atoms with Gasteiger partial charge in [0.25, 0.3) is 0 Å². The fourth-order valence-corrected chi connectivity index (χ4v) is 4.51. The average Bonchev–Trinajstić information content (AvgIpc) is 2.80. The van der Waals surface area contributed by atoms with E-state index < -0.39 is 5.60 Å². The minimum atomic E-state index is -0.925. The first kappa shape index (κ1) is 18.9. The van der Waals surface area contributed by atoms with Crippen molar-refractivity contribution in [2.75, 3.05) is 19.6 Å². The summed E-state index contributed by atoms with van der Waals surface area (Å²) < 4.78 is 0. The summed E-state index contributed by atoms with van der Waals surface area (Å²) in [5.41, 5.74) is 3.82. The van der Waals surface area contributed by atoms with Crippen LogP contribution in [0.3, 0.4) is 0 Å². The van der Waals surface area contributed by atoms with E-state index in [0.717, 1.165) is 54.9 Å². The summed E-state index contributed by atoms with van der Waals surface area (Å²) in [6.07, 6.45) is 7.86. The number of fused-ring (bicyclic) bond motifs is 3. The topological polar surface area (TPSA) is 62.1 Å². The van der Waals surface area contributed by atoms with E-state index in [9.17, 15) is 5.11 Å². The standard InChI is InChI=1S/C25H24N4O/c30-25(17-29-12-8-22(25)9-13-29)10-6-20-16-27-24(23-7-11-26-18-28-23)15-21(20)14-19-4-2-1-3-5-19/h1-5,7,11,15-16,18,22,30H,8-9,12-14,17H2.